The minimum atomic E-state index is 0.415. The molecule has 0 aliphatic carbocycles. The van der Waals surface area contributed by atoms with E-state index in [9.17, 15) is 0 Å². The van der Waals surface area contributed by atoms with Gasteiger partial charge in [0.15, 0.2) is 0 Å². The van der Waals surface area contributed by atoms with Crippen LogP contribution in [0.4, 0.5) is 0 Å². The zero-order valence-electron chi connectivity index (χ0n) is 9.56. The van der Waals surface area contributed by atoms with Crippen molar-refractivity contribution in [3.05, 3.63) is 57.2 Å². The van der Waals surface area contributed by atoms with Crippen LogP contribution >= 0.6 is 22.6 Å². The van der Waals surface area contributed by atoms with Crippen molar-refractivity contribution in [3.63, 3.8) is 0 Å². The molecule has 0 bridgehead atoms. The van der Waals surface area contributed by atoms with Gasteiger partial charge in [0.05, 0.1) is 5.56 Å². The van der Waals surface area contributed by atoms with Crippen LogP contribution in [0.1, 0.15) is 11.1 Å². The molecule has 0 atom stereocenters. The van der Waals surface area contributed by atoms with E-state index in [0.29, 0.717) is 17.9 Å². The summed E-state index contributed by atoms with van der Waals surface area (Å²) < 4.78 is 6.80. The van der Waals surface area contributed by atoms with Gasteiger partial charge in [-0.2, -0.15) is 5.26 Å². The van der Waals surface area contributed by atoms with E-state index in [1.165, 1.54) is 0 Å². The van der Waals surface area contributed by atoms with Crippen LogP contribution in [-0.2, 0) is 6.54 Å². The number of hydrogen-bond acceptors (Lipinski definition) is 3. The third-order valence-corrected chi connectivity index (χ3v) is 3.10. The van der Waals surface area contributed by atoms with Gasteiger partial charge in [-0.25, -0.2) is 0 Å². The van der Waals surface area contributed by atoms with Crippen molar-refractivity contribution in [3.8, 4) is 17.6 Å². The third-order valence-electron chi connectivity index (χ3n) is 2.42. The SMILES string of the molecule is N#Cc1cc(CN)ccc1Oc1cccc(I)c1. The van der Waals surface area contributed by atoms with Crippen LogP contribution in [0.15, 0.2) is 42.5 Å². The molecule has 18 heavy (non-hydrogen) atoms. The Morgan fingerprint density at radius 2 is 2.06 bits per heavy atom. The fourth-order valence-corrected chi connectivity index (χ4v) is 2.05. The van der Waals surface area contributed by atoms with Gasteiger partial charge in [-0.1, -0.05) is 12.1 Å². The Labute approximate surface area is 119 Å². The fourth-order valence-electron chi connectivity index (χ4n) is 1.54. The molecule has 0 aliphatic heterocycles. The van der Waals surface area contributed by atoms with E-state index < -0.39 is 0 Å². The van der Waals surface area contributed by atoms with Crippen molar-refractivity contribution >= 4 is 22.6 Å². The largest absolute Gasteiger partial charge is 0.456 e. The van der Waals surface area contributed by atoms with E-state index in [0.717, 1.165) is 14.9 Å². The van der Waals surface area contributed by atoms with Crippen LogP contribution in [0.3, 0.4) is 0 Å². The molecule has 2 aromatic carbocycles. The lowest BCUT2D eigenvalue weighted by molar-refractivity contribution is 0.480. The van der Waals surface area contributed by atoms with E-state index in [1.54, 1.807) is 12.1 Å². The lowest BCUT2D eigenvalue weighted by Crippen LogP contribution is -1.97. The van der Waals surface area contributed by atoms with Gasteiger partial charge in [-0.05, 0) is 58.5 Å². The van der Waals surface area contributed by atoms with Gasteiger partial charge in [-0.3, -0.25) is 0 Å². The Hall–Kier alpha value is -1.58. The third kappa shape index (κ3) is 3.00. The average Bonchev–Trinajstić information content (AvgIpc) is 2.39. The average molecular weight is 350 g/mol. The zero-order valence-corrected chi connectivity index (χ0v) is 11.7. The minimum Gasteiger partial charge on any atom is -0.456 e. The van der Waals surface area contributed by atoms with Crippen molar-refractivity contribution in [1.29, 1.82) is 5.26 Å². The van der Waals surface area contributed by atoms with E-state index in [2.05, 4.69) is 28.7 Å². The van der Waals surface area contributed by atoms with Gasteiger partial charge >= 0.3 is 0 Å². The van der Waals surface area contributed by atoms with Crippen molar-refractivity contribution in [2.75, 3.05) is 0 Å². The van der Waals surface area contributed by atoms with E-state index in [-0.39, 0.29) is 0 Å². The molecule has 0 fully saturated rings. The molecule has 0 saturated heterocycles. The van der Waals surface area contributed by atoms with Crippen LogP contribution in [0.2, 0.25) is 0 Å². The maximum absolute atomic E-state index is 9.10. The second-order valence-electron chi connectivity index (χ2n) is 3.71. The van der Waals surface area contributed by atoms with E-state index >= 15 is 0 Å². The number of halogens is 1. The molecule has 2 N–H and O–H groups in total. The summed E-state index contributed by atoms with van der Waals surface area (Å²) in [4.78, 5) is 0. The normalized spacial score (nSPS) is 9.83. The van der Waals surface area contributed by atoms with Crippen LogP contribution in [0.25, 0.3) is 0 Å². The number of hydrogen-bond donors (Lipinski definition) is 1. The maximum atomic E-state index is 9.10. The highest BCUT2D eigenvalue weighted by molar-refractivity contribution is 14.1. The molecule has 90 valence electrons. The smallest absolute Gasteiger partial charge is 0.145 e. The Kier molecular flexibility index (Phi) is 4.18. The number of nitriles is 1. The number of nitrogens with zero attached hydrogens (tertiary/aromatic N) is 1. The first-order valence-corrected chi connectivity index (χ1v) is 6.47. The lowest BCUT2D eigenvalue weighted by atomic mass is 10.1. The monoisotopic (exact) mass is 350 g/mol. The zero-order chi connectivity index (χ0) is 13.0. The van der Waals surface area contributed by atoms with Crippen LogP contribution in [0.5, 0.6) is 11.5 Å². The van der Waals surface area contributed by atoms with Crippen LogP contribution in [0, 0.1) is 14.9 Å². The number of benzene rings is 2. The molecule has 4 heteroatoms. The summed E-state index contributed by atoms with van der Waals surface area (Å²) in [5.41, 5.74) is 6.96. The summed E-state index contributed by atoms with van der Waals surface area (Å²) in [7, 11) is 0. The maximum Gasteiger partial charge on any atom is 0.145 e. The first kappa shape index (κ1) is 12.9. The highest BCUT2D eigenvalue weighted by Gasteiger charge is 2.06. The predicted octanol–water partition coefficient (Wildman–Crippen LogP) is 3.41. The first-order valence-electron chi connectivity index (χ1n) is 5.39. The predicted molar refractivity (Wildman–Crippen MR) is 78.3 cm³/mol. The van der Waals surface area contributed by atoms with Gasteiger partial charge in [-0.15, -0.1) is 0 Å². The summed E-state index contributed by atoms with van der Waals surface area (Å²) in [6, 6.07) is 15.2. The standard InChI is InChI=1S/C14H11IN2O/c15-12-2-1-3-13(7-12)18-14-5-4-10(8-16)6-11(14)9-17/h1-7H,8,16H2. The second kappa shape index (κ2) is 5.85. The highest BCUT2D eigenvalue weighted by Crippen LogP contribution is 2.26. The molecule has 2 rings (SSSR count). The number of ether oxygens (including phenoxy) is 1. The van der Waals surface area contributed by atoms with Crippen molar-refractivity contribution in [1.82, 2.24) is 0 Å². The Bertz CT molecular complexity index is 605. The first-order chi connectivity index (χ1) is 8.72. The van der Waals surface area contributed by atoms with Crippen LogP contribution < -0.4 is 10.5 Å². The Balaban J connectivity index is 2.32. The Morgan fingerprint density at radius 1 is 1.22 bits per heavy atom. The molecule has 0 radical (unpaired) electrons. The summed E-state index contributed by atoms with van der Waals surface area (Å²) in [6.45, 7) is 0.415. The van der Waals surface area contributed by atoms with Crippen LogP contribution in [-0.4, -0.2) is 0 Å². The van der Waals surface area contributed by atoms with E-state index in [4.69, 9.17) is 15.7 Å². The topological polar surface area (TPSA) is 59.0 Å². The van der Waals surface area contributed by atoms with Gasteiger partial charge in [0.25, 0.3) is 0 Å². The van der Waals surface area contributed by atoms with E-state index in [1.807, 2.05) is 30.3 Å². The molecular formula is C14H11IN2O. The molecule has 0 aromatic heterocycles. The van der Waals surface area contributed by atoms with Gasteiger partial charge in [0.1, 0.15) is 17.6 Å². The molecule has 0 amide bonds. The Morgan fingerprint density at radius 3 is 2.72 bits per heavy atom. The molecule has 3 nitrogen and oxygen atoms in total. The molecule has 2 aromatic rings. The van der Waals surface area contributed by atoms with Crippen molar-refractivity contribution < 1.29 is 4.74 Å². The van der Waals surface area contributed by atoms with Crippen molar-refractivity contribution in [2.45, 2.75) is 6.54 Å². The summed E-state index contributed by atoms with van der Waals surface area (Å²) in [5.74, 6) is 1.27. The molecule has 0 spiro atoms. The lowest BCUT2D eigenvalue weighted by Gasteiger charge is -2.08. The molecule has 0 unspecified atom stereocenters. The number of nitrogens with two attached hydrogens (primary N) is 1. The molecule has 0 heterocycles. The molecule has 0 aliphatic rings. The second-order valence-corrected chi connectivity index (χ2v) is 4.95. The molecular weight excluding hydrogens is 339 g/mol. The van der Waals surface area contributed by atoms with Gasteiger partial charge in [0, 0.05) is 10.1 Å². The summed E-state index contributed by atoms with van der Waals surface area (Å²) in [5, 5.41) is 9.10. The fraction of sp³-hybridized carbons (Fsp3) is 0.0714. The number of rotatable bonds is 3. The minimum absolute atomic E-state index is 0.415. The highest BCUT2D eigenvalue weighted by atomic mass is 127. The summed E-state index contributed by atoms with van der Waals surface area (Å²) in [6.07, 6.45) is 0. The van der Waals surface area contributed by atoms with Gasteiger partial charge in [0.2, 0.25) is 0 Å². The van der Waals surface area contributed by atoms with Crippen molar-refractivity contribution in [2.24, 2.45) is 5.73 Å². The quantitative estimate of drug-likeness (QED) is 0.863. The van der Waals surface area contributed by atoms with Gasteiger partial charge < -0.3 is 10.5 Å². The summed E-state index contributed by atoms with van der Waals surface area (Å²) >= 11 is 2.22. The molecule has 0 saturated carbocycles.